The van der Waals surface area contributed by atoms with Gasteiger partial charge in [0.15, 0.2) is 0 Å². The zero-order chi connectivity index (χ0) is 13.8. The Hall–Kier alpha value is -0.0800. The lowest BCUT2D eigenvalue weighted by Crippen LogP contribution is -2.47. The van der Waals surface area contributed by atoms with Gasteiger partial charge < -0.3 is 10.2 Å². The van der Waals surface area contributed by atoms with E-state index in [1.165, 1.54) is 32.4 Å². The Kier molecular flexibility index (Phi) is 6.13. The number of hydrogen-bond acceptors (Lipinski definition) is 2. The minimum atomic E-state index is 0.239. The van der Waals surface area contributed by atoms with Crippen LogP contribution in [0.1, 0.15) is 60.8 Å². The van der Waals surface area contributed by atoms with E-state index in [4.69, 9.17) is 0 Å². The molecular formula is C16H34N2. The van der Waals surface area contributed by atoms with Gasteiger partial charge in [0.1, 0.15) is 0 Å². The summed E-state index contributed by atoms with van der Waals surface area (Å²) in [6, 6.07) is 0.706. The molecule has 2 nitrogen and oxygen atoms in total. The van der Waals surface area contributed by atoms with Crippen LogP contribution in [0.15, 0.2) is 0 Å². The molecule has 1 saturated heterocycles. The topological polar surface area (TPSA) is 15.3 Å². The molecule has 18 heavy (non-hydrogen) atoms. The zero-order valence-electron chi connectivity index (χ0n) is 13.4. The summed E-state index contributed by atoms with van der Waals surface area (Å²) >= 11 is 0. The Bertz CT molecular complexity index is 224. The molecule has 0 aromatic rings. The Labute approximate surface area is 115 Å². The van der Waals surface area contributed by atoms with E-state index >= 15 is 0 Å². The van der Waals surface area contributed by atoms with Crippen molar-refractivity contribution in [2.75, 3.05) is 19.6 Å². The number of hydrogen-bond donors (Lipinski definition) is 1. The van der Waals surface area contributed by atoms with Crippen LogP contribution in [-0.4, -0.2) is 36.1 Å². The number of nitrogens with zero attached hydrogens (tertiary/aromatic N) is 1. The van der Waals surface area contributed by atoms with Crippen LogP contribution in [-0.2, 0) is 0 Å². The van der Waals surface area contributed by atoms with Crippen molar-refractivity contribution in [2.45, 2.75) is 72.4 Å². The third-order valence-corrected chi connectivity index (χ3v) is 4.58. The van der Waals surface area contributed by atoms with Gasteiger partial charge in [-0.2, -0.15) is 0 Å². The molecule has 1 aliphatic heterocycles. The first-order valence-electron chi connectivity index (χ1n) is 7.82. The SMILES string of the molecule is CCC1CCN(C(C)C(C)CNC(C)(C)C)CC1. The van der Waals surface area contributed by atoms with Gasteiger partial charge >= 0.3 is 0 Å². The van der Waals surface area contributed by atoms with Crippen LogP contribution in [0, 0.1) is 11.8 Å². The number of piperidine rings is 1. The lowest BCUT2D eigenvalue weighted by Gasteiger charge is -2.39. The second kappa shape index (κ2) is 6.91. The monoisotopic (exact) mass is 254 g/mol. The number of likely N-dealkylation sites (tertiary alicyclic amines) is 1. The fourth-order valence-corrected chi connectivity index (χ4v) is 2.77. The first kappa shape index (κ1) is 16.0. The summed E-state index contributed by atoms with van der Waals surface area (Å²) in [4.78, 5) is 2.70. The van der Waals surface area contributed by atoms with Crippen LogP contribution < -0.4 is 5.32 Å². The van der Waals surface area contributed by atoms with Gasteiger partial charge in [0.2, 0.25) is 0 Å². The molecular weight excluding hydrogens is 220 g/mol. The summed E-state index contributed by atoms with van der Waals surface area (Å²) in [6.07, 6.45) is 4.17. The molecule has 0 spiro atoms. The van der Waals surface area contributed by atoms with Gasteiger partial charge in [-0.3, -0.25) is 0 Å². The summed E-state index contributed by atoms with van der Waals surface area (Å²) in [7, 11) is 0. The van der Waals surface area contributed by atoms with E-state index in [1.54, 1.807) is 0 Å². The van der Waals surface area contributed by atoms with E-state index in [9.17, 15) is 0 Å². The standard InChI is InChI=1S/C16H34N2/c1-7-15-8-10-18(11-9-15)14(3)13(2)12-17-16(4,5)6/h13-15,17H,7-12H2,1-6H3. The fraction of sp³-hybridized carbons (Fsp3) is 1.00. The first-order chi connectivity index (χ1) is 8.33. The van der Waals surface area contributed by atoms with Gasteiger partial charge in [-0.15, -0.1) is 0 Å². The lowest BCUT2D eigenvalue weighted by atomic mass is 9.91. The van der Waals surface area contributed by atoms with Crippen LogP contribution in [0.25, 0.3) is 0 Å². The van der Waals surface area contributed by atoms with Crippen molar-refractivity contribution in [2.24, 2.45) is 11.8 Å². The highest BCUT2D eigenvalue weighted by atomic mass is 15.2. The number of nitrogens with one attached hydrogen (secondary N) is 1. The molecule has 0 bridgehead atoms. The smallest absolute Gasteiger partial charge is 0.0105 e. The zero-order valence-corrected chi connectivity index (χ0v) is 13.4. The Morgan fingerprint density at radius 3 is 2.17 bits per heavy atom. The van der Waals surface area contributed by atoms with Gasteiger partial charge in [-0.1, -0.05) is 20.3 Å². The van der Waals surface area contributed by atoms with Crippen molar-refractivity contribution in [3.63, 3.8) is 0 Å². The lowest BCUT2D eigenvalue weighted by molar-refractivity contribution is 0.105. The van der Waals surface area contributed by atoms with Crippen LogP contribution in [0.4, 0.5) is 0 Å². The van der Waals surface area contributed by atoms with Gasteiger partial charge in [-0.25, -0.2) is 0 Å². The summed E-state index contributed by atoms with van der Waals surface area (Å²) in [5.74, 6) is 1.71. The fourth-order valence-electron chi connectivity index (χ4n) is 2.77. The molecule has 0 radical (unpaired) electrons. The molecule has 108 valence electrons. The van der Waals surface area contributed by atoms with E-state index in [0.717, 1.165) is 18.4 Å². The predicted molar refractivity (Wildman–Crippen MR) is 81.0 cm³/mol. The van der Waals surface area contributed by atoms with Crippen LogP contribution >= 0.6 is 0 Å². The van der Waals surface area contributed by atoms with Crippen molar-refractivity contribution in [3.8, 4) is 0 Å². The molecule has 2 atom stereocenters. The molecule has 0 saturated carbocycles. The molecule has 2 heteroatoms. The van der Waals surface area contributed by atoms with Crippen LogP contribution in [0.5, 0.6) is 0 Å². The third kappa shape index (κ3) is 5.27. The summed E-state index contributed by atoms with van der Waals surface area (Å²) in [5.41, 5.74) is 0.239. The first-order valence-corrected chi connectivity index (χ1v) is 7.82. The highest BCUT2D eigenvalue weighted by molar-refractivity contribution is 4.81. The average Bonchev–Trinajstić information content (AvgIpc) is 2.34. The van der Waals surface area contributed by atoms with Crippen molar-refractivity contribution in [3.05, 3.63) is 0 Å². The van der Waals surface area contributed by atoms with Crippen molar-refractivity contribution < 1.29 is 0 Å². The molecule has 1 N–H and O–H groups in total. The minimum Gasteiger partial charge on any atom is -0.312 e. The van der Waals surface area contributed by atoms with Crippen LogP contribution in [0.3, 0.4) is 0 Å². The summed E-state index contributed by atoms with van der Waals surface area (Å²) in [6.45, 7) is 17.6. The van der Waals surface area contributed by atoms with Crippen molar-refractivity contribution in [1.82, 2.24) is 10.2 Å². The second-order valence-electron chi connectivity index (χ2n) is 7.24. The molecule has 0 amide bonds. The Balaban J connectivity index is 2.33. The summed E-state index contributed by atoms with van der Waals surface area (Å²) < 4.78 is 0. The number of rotatable bonds is 5. The molecule has 1 fully saturated rings. The van der Waals surface area contributed by atoms with Gasteiger partial charge in [0.25, 0.3) is 0 Å². The Morgan fingerprint density at radius 2 is 1.72 bits per heavy atom. The van der Waals surface area contributed by atoms with E-state index in [-0.39, 0.29) is 5.54 Å². The van der Waals surface area contributed by atoms with E-state index < -0.39 is 0 Å². The maximum absolute atomic E-state index is 3.63. The van der Waals surface area contributed by atoms with E-state index in [1.807, 2.05) is 0 Å². The molecule has 1 rings (SSSR count). The Morgan fingerprint density at radius 1 is 1.17 bits per heavy atom. The van der Waals surface area contributed by atoms with E-state index in [2.05, 4.69) is 51.8 Å². The molecule has 0 aromatic carbocycles. The third-order valence-electron chi connectivity index (χ3n) is 4.58. The molecule has 1 aliphatic rings. The van der Waals surface area contributed by atoms with Crippen molar-refractivity contribution >= 4 is 0 Å². The van der Waals surface area contributed by atoms with Gasteiger partial charge in [0.05, 0.1) is 0 Å². The average molecular weight is 254 g/mol. The normalized spacial score (nSPS) is 23.0. The molecule has 0 aromatic heterocycles. The maximum atomic E-state index is 3.63. The molecule has 0 aliphatic carbocycles. The van der Waals surface area contributed by atoms with Gasteiger partial charge in [0, 0.05) is 11.6 Å². The van der Waals surface area contributed by atoms with Crippen LogP contribution in [0.2, 0.25) is 0 Å². The second-order valence-corrected chi connectivity index (χ2v) is 7.24. The quantitative estimate of drug-likeness (QED) is 0.807. The van der Waals surface area contributed by atoms with E-state index in [0.29, 0.717) is 6.04 Å². The minimum absolute atomic E-state index is 0.239. The largest absolute Gasteiger partial charge is 0.312 e. The maximum Gasteiger partial charge on any atom is 0.0105 e. The van der Waals surface area contributed by atoms with Gasteiger partial charge in [-0.05, 0) is 72.0 Å². The predicted octanol–water partition coefficient (Wildman–Crippen LogP) is 3.52. The highest BCUT2D eigenvalue weighted by Gasteiger charge is 2.25. The van der Waals surface area contributed by atoms with Crippen molar-refractivity contribution in [1.29, 1.82) is 0 Å². The summed E-state index contributed by atoms with van der Waals surface area (Å²) in [5, 5.41) is 3.63. The highest BCUT2D eigenvalue weighted by Crippen LogP contribution is 2.23. The molecule has 1 heterocycles. The molecule has 2 unspecified atom stereocenters.